The number of pyridine rings is 1. The summed E-state index contributed by atoms with van der Waals surface area (Å²) in [6, 6.07) is 13.4. The number of rotatable bonds is 4. The van der Waals surface area contributed by atoms with E-state index in [0.29, 0.717) is 0 Å². The lowest BCUT2D eigenvalue weighted by atomic mass is 10.1. The largest absolute Gasteiger partial charge is 0.271 e. The maximum absolute atomic E-state index is 5.70. The van der Waals surface area contributed by atoms with E-state index in [4.69, 9.17) is 5.84 Å². The molecule has 0 aliphatic heterocycles. The fourth-order valence-corrected chi connectivity index (χ4v) is 2.12. The van der Waals surface area contributed by atoms with Crippen molar-refractivity contribution in [3.05, 3.63) is 72.3 Å². The number of hydrazine groups is 1. The molecule has 6 nitrogen and oxygen atoms in total. The van der Waals surface area contributed by atoms with Crippen molar-refractivity contribution in [1.29, 1.82) is 0 Å². The Kier molecular flexibility index (Phi) is 3.49. The molecule has 0 saturated carbocycles. The lowest BCUT2D eigenvalue weighted by Gasteiger charge is -2.17. The van der Waals surface area contributed by atoms with Crippen LogP contribution < -0.4 is 11.3 Å². The van der Waals surface area contributed by atoms with E-state index in [1.165, 1.54) is 0 Å². The Morgan fingerprint density at radius 1 is 1.05 bits per heavy atom. The van der Waals surface area contributed by atoms with Crippen LogP contribution in [-0.4, -0.2) is 20.0 Å². The Bertz CT molecular complexity index is 664. The summed E-state index contributed by atoms with van der Waals surface area (Å²) < 4.78 is 1.77. The van der Waals surface area contributed by atoms with Crippen molar-refractivity contribution in [2.45, 2.75) is 6.04 Å². The SMILES string of the molecule is NNC(c1ccncc1)c1cnnn1-c1ccccc1. The number of nitrogens with zero attached hydrogens (tertiary/aromatic N) is 4. The van der Waals surface area contributed by atoms with E-state index in [2.05, 4.69) is 20.7 Å². The van der Waals surface area contributed by atoms with Crippen LogP contribution in [0.1, 0.15) is 17.3 Å². The second kappa shape index (κ2) is 5.60. The molecule has 3 N–H and O–H groups in total. The summed E-state index contributed by atoms with van der Waals surface area (Å²) in [6.07, 6.45) is 5.17. The zero-order valence-corrected chi connectivity index (χ0v) is 10.7. The fraction of sp³-hybridized carbons (Fsp3) is 0.0714. The van der Waals surface area contributed by atoms with Gasteiger partial charge in [-0.25, -0.2) is 10.1 Å². The molecule has 0 spiro atoms. The van der Waals surface area contributed by atoms with Gasteiger partial charge in [-0.05, 0) is 29.8 Å². The topological polar surface area (TPSA) is 81.7 Å². The van der Waals surface area contributed by atoms with Gasteiger partial charge in [0.25, 0.3) is 0 Å². The Balaban J connectivity index is 2.04. The molecule has 2 heterocycles. The van der Waals surface area contributed by atoms with Crippen LogP contribution in [0.5, 0.6) is 0 Å². The van der Waals surface area contributed by atoms with E-state index < -0.39 is 0 Å². The maximum atomic E-state index is 5.70. The van der Waals surface area contributed by atoms with Crippen molar-refractivity contribution in [1.82, 2.24) is 25.4 Å². The highest BCUT2D eigenvalue weighted by molar-refractivity contribution is 5.34. The molecule has 0 aliphatic carbocycles. The van der Waals surface area contributed by atoms with Crippen LogP contribution in [0, 0.1) is 0 Å². The van der Waals surface area contributed by atoms with E-state index in [1.807, 2.05) is 42.5 Å². The summed E-state index contributed by atoms with van der Waals surface area (Å²) in [4.78, 5) is 4.02. The van der Waals surface area contributed by atoms with Gasteiger partial charge in [0.2, 0.25) is 0 Å². The molecule has 0 saturated heterocycles. The van der Waals surface area contributed by atoms with Gasteiger partial charge in [-0.3, -0.25) is 10.8 Å². The maximum Gasteiger partial charge on any atom is 0.0900 e. The minimum Gasteiger partial charge on any atom is -0.271 e. The minimum atomic E-state index is -0.201. The molecule has 0 bridgehead atoms. The second-order valence-corrected chi connectivity index (χ2v) is 4.29. The van der Waals surface area contributed by atoms with Gasteiger partial charge in [-0.1, -0.05) is 23.4 Å². The first-order valence-electron chi connectivity index (χ1n) is 6.22. The Morgan fingerprint density at radius 3 is 2.50 bits per heavy atom. The third kappa shape index (κ3) is 2.29. The molecule has 3 rings (SSSR count). The summed E-state index contributed by atoms with van der Waals surface area (Å²) in [5.74, 6) is 5.70. The summed E-state index contributed by atoms with van der Waals surface area (Å²) >= 11 is 0. The fourth-order valence-electron chi connectivity index (χ4n) is 2.12. The van der Waals surface area contributed by atoms with E-state index in [0.717, 1.165) is 16.9 Å². The van der Waals surface area contributed by atoms with Crippen molar-refractivity contribution < 1.29 is 0 Å². The average Bonchev–Trinajstić information content (AvgIpc) is 2.99. The summed E-state index contributed by atoms with van der Waals surface area (Å²) in [7, 11) is 0. The Hall–Kier alpha value is -2.57. The van der Waals surface area contributed by atoms with Crippen LogP contribution in [0.4, 0.5) is 0 Å². The zero-order valence-electron chi connectivity index (χ0n) is 10.7. The van der Waals surface area contributed by atoms with Gasteiger partial charge in [0.05, 0.1) is 23.6 Å². The molecule has 0 fully saturated rings. The highest BCUT2D eigenvalue weighted by Gasteiger charge is 2.18. The number of para-hydroxylation sites is 1. The number of nitrogens with two attached hydrogens (primary N) is 1. The molecule has 6 heteroatoms. The van der Waals surface area contributed by atoms with Crippen LogP contribution in [0.25, 0.3) is 5.69 Å². The molecule has 100 valence electrons. The minimum absolute atomic E-state index is 0.201. The van der Waals surface area contributed by atoms with Crippen LogP contribution in [0.2, 0.25) is 0 Å². The van der Waals surface area contributed by atoms with Crippen molar-refractivity contribution in [3.8, 4) is 5.69 Å². The molecule has 1 unspecified atom stereocenters. The van der Waals surface area contributed by atoms with Crippen molar-refractivity contribution in [2.75, 3.05) is 0 Å². The first kappa shape index (κ1) is 12.5. The number of hydrogen-bond donors (Lipinski definition) is 2. The number of hydrogen-bond acceptors (Lipinski definition) is 5. The molecule has 0 radical (unpaired) electrons. The molecule has 0 aliphatic rings. The molecule has 1 aromatic carbocycles. The first-order valence-corrected chi connectivity index (χ1v) is 6.22. The standard InChI is InChI=1S/C14H14N6/c15-18-14(11-6-8-16-9-7-11)13-10-17-19-20(13)12-4-2-1-3-5-12/h1-10,14,18H,15H2. The molecular formula is C14H14N6. The molecular weight excluding hydrogens is 252 g/mol. The van der Waals surface area contributed by atoms with Gasteiger partial charge < -0.3 is 0 Å². The van der Waals surface area contributed by atoms with Crippen LogP contribution in [0.3, 0.4) is 0 Å². The number of benzene rings is 1. The van der Waals surface area contributed by atoms with Gasteiger partial charge >= 0.3 is 0 Å². The third-order valence-electron chi connectivity index (χ3n) is 3.08. The van der Waals surface area contributed by atoms with E-state index in [9.17, 15) is 0 Å². The third-order valence-corrected chi connectivity index (χ3v) is 3.08. The quantitative estimate of drug-likeness (QED) is 0.548. The highest BCUT2D eigenvalue weighted by atomic mass is 15.4. The number of aromatic nitrogens is 4. The average molecular weight is 266 g/mol. The molecule has 20 heavy (non-hydrogen) atoms. The van der Waals surface area contributed by atoms with E-state index in [-0.39, 0.29) is 6.04 Å². The van der Waals surface area contributed by atoms with E-state index >= 15 is 0 Å². The Morgan fingerprint density at radius 2 is 1.80 bits per heavy atom. The van der Waals surface area contributed by atoms with Gasteiger partial charge in [-0.15, -0.1) is 5.10 Å². The van der Waals surface area contributed by atoms with Gasteiger partial charge in [-0.2, -0.15) is 0 Å². The lowest BCUT2D eigenvalue weighted by Crippen LogP contribution is -2.30. The predicted octanol–water partition coefficient (Wildman–Crippen LogP) is 1.21. The number of nitrogens with one attached hydrogen (secondary N) is 1. The monoisotopic (exact) mass is 266 g/mol. The predicted molar refractivity (Wildman–Crippen MR) is 74.8 cm³/mol. The van der Waals surface area contributed by atoms with Crippen molar-refractivity contribution in [3.63, 3.8) is 0 Å². The molecule has 0 amide bonds. The van der Waals surface area contributed by atoms with Crippen LogP contribution >= 0.6 is 0 Å². The normalized spacial score (nSPS) is 12.2. The van der Waals surface area contributed by atoms with Gasteiger partial charge in [0.1, 0.15) is 0 Å². The smallest absolute Gasteiger partial charge is 0.0900 e. The van der Waals surface area contributed by atoms with Gasteiger partial charge in [0.15, 0.2) is 0 Å². The Labute approximate surface area is 116 Å². The molecule has 1 atom stereocenters. The molecule has 2 aromatic heterocycles. The summed E-state index contributed by atoms with van der Waals surface area (Å²) in [5, 5.41) is 8.13. The lowest BCUT2D eigenvalue weighted by molar-refractivity contribution is 0.595. The van der Waals surface area contributed by atoms with Crippen molar-refractivity contribution in [2.24, 2.45) is 5.84 Å². The van der Waals surface area contributed by atoms with Crippen LogP contribution in [0.15, 0.2) is 61.1 Å². The second-order valence-electron chi connectivity index (χ2n) is 4.29. The molecule has 3 aromatic rings. The zero-order chi connectivity index (χ0) is 13.8. The highest BCUT2D eigenvalue weighted by Crippen LogP contribution is 2.21. The van der Waals surface area contributed by atoms with Gasteiger partial charge in [0, 0.05) is 12.4 Å². The summed E-state index contributed by atoms with van der Waals surface area (Å²) in [6.45, 7) is 0. The van der Waals surface area contributed by atoms with E-state index in [1.54, 1.807) is 23.3 Å². The van der Waals surface area contributed by atoms with Crippen LogP contribution in [-0.2, 0) is 0 Å². The first-order chi connectivity index (χ1) is 9.90. The van der Waals surface area contributed by atoms with Crippen molar-refractivity contribution >= 4 is 0 Å². The summed E-state index contributed by atoms with van der Waals surface area (Å²) in [5.41, 5.74) is 5.61.